The molecule has 0 spiro atoms. The van der Waals surface area contributed by atoms with Gasteiger partial charge in [-0.1, -0.05) is 11.6 Å². The van der Waals surface area contributed by atoms with Crippen molar-refractivity contribution in [3.8, 4) is 0 Å². The van der Waals surface area contributed by atoms with Crippen molar-refractivity contribution in [3.63, 3.8) is 0 Å². The summed E-state index contributed by atoms with van der Waals surface area (Å²) < 4.78 is 26.4. The van der Waals surface area contributed by atoms with E-state index in [1.54, 1.807) is 18.4 Å². The van der Waals surface area contributed by atoms with Gasteiger partial charge in [-0.2, -0.15) is 0 Å². The number of rotatable bonds is 2. The van der Waals surface area contributed by atoms with Gasteiger partial charge in [-0.15, -0.1) is 11.3 Å². The van der Waals surface area contributed by atoms with Crippen LogP contribution in [0.15, 0.2) is 29.6 Å². The van der Waals surface area contributed by atoms with E-state index in [9.17, 15) is 8.78 Å². The Bertz CT molecular complexity index is 531. The second-order valence-electron chi connectivity index (χ2n) is 3.96. The number of halogens is 3. The fourth-order valence-electron chi connectivity index (χ4n) is 1.65. The van der Waals surface area contributed by atoms with Crippen LogP contribution in [-0.2, 0) is 5.54 Å². The van der Waals surface area contributed by atoms with Crippen molar-refractivity contribution in [3.05, 3.63) is 56.7 Å². The van der Waals surface area contributed by atoms with Gasteiger partial charge in [0.1, 0.15) is 11.6 Å². The predicted molar refractivity (Wildman–Crippen MR) is 66.3 cm³/mol. The van der Waals surface area contributed by atoms with E-state index < -0.39 is 17.2 Å². The Hall–Kier alpha value is -0.970. The van der Waals surface area contributed by atoms with Gasteiger partial charge in [0.2, 0.25) is 0 Å². The van der Waals surface area contributed by atoms with Gasteiger partial charge in [0.05, 0.1) is 10.6 Å². The van der Waals surface area contributed by atoms with Crippen LogP contribution in [0.5, 0.6) is 0 Å². The summed E-state index contributed by atoms with van der Waals surface area (Å²) in [6.07, 6.45) is 0. The summed E-state index contributed by atoms with van der Waals surface area (Å²) in [5.74, 6) is -1.30. The fraction of sp³-hybridized carbons (Fsp3) is 0.167. The summed E-state index contributed by atoms with van der Waals surface area (Å²) in [4.78, 5) is 0.684. The SMILES string of the molecule is CC(N)(c1cc(F)cc(F)c1)c1sccc1Cl. The standard InChI is InChI=1S/C12H10ClF2NS/c1-12(16,11-10(13)2-3-17-11)7-4-8(14)6-9(15)5-7/h2-6H,16H2,1H3. The lowest BCUT2D eigenvalue weighted by molar-refractivity contribution is 0.555. The lowest BCUT2D eigenvalue weighted by Crippen LogP contribution is -2.33. The molecular weight excluding hydrogens is 264 g/mol. The molecule has 0 amide bonds. The van der Waals surface area contributed by atoms with Crippen molar-refractivity contribution in [1.29, 1.82) is 0 Å². The van der Waals surface area contributed by atoms with E-state index in [4.69, 9.17) is 17.3 Å². The third-order valence-electron chi connectivity index (χ3n) is 2.55. The number of benzene rings is 1. The molecule has 0 saturated carbocycles. The Balaban J connectivity index is 2.55. The second-order valence-corrected chi connectivity index (χ2v) is 5.28. The molecule has 90 valence electrons. The minimum atomic E-state index is -1.01. The highest BCUT2D eigenvalue weighted by atomic mass is 35.5. The van der Waals surface area contributed by atoms with E-state index >= 15 is 0 Å². The van der Waals surface area contributed by atoms with Gasteiger partial charge < -0.3 is 5.73 Å². The lowest BCUT2D eigenvalue weighted by Gasteiger charge is -2.24. The first-order chi connectivity index (χ1) is 7.91. The topological polar surface area (TPSA) is 26.0 Å². The normalized spacial score (nSPS) is 14.6. The number of thiophene rings is 1. The maximum atomic E-state index is 13.2. The van der Waals surface area contributed by atoms with E-state index in [1.165, 1.54) is 23.5 Å². The minimum absolute atomic E-state index is 0.361. The van der Waals surface area contributed by atoms with E-state index in [0.717, 1.165) is 6.07 Å². The van der Waals surface area contributed by atoms with E-state index in [1.807, 2.05) is 0 Å². The Morgan fingerprint density at radius 3 is 2.29 bits per heavy atom. The molecule has 0 aliphatic carbocycles. The van der Waals surface area contributed by atoms with Crippen molar-refractivity contribution < 1.29 is 8.78 Å². The van der Waals surface area contributed by atoms with Gasteiger partial charge in [0.15, 0.2) is 0 Å². The molecule has 1 nitrogen and oxygen atoms in total. The maximum absolute atomic E-state index is 13.2. The zero-order valence-electron chi connectivity index (χ0n) is 9.01. The van der Waals surface area contributed by atoms with Gasteiger partial charge in [0, 0.05) is 10.9 Å². The zero-order chi connectivity index (χ0) is 12.6. The average molecular weight is 274 g/mol. The van der Waals surface area contributed by atoms with Crippen molar-refractivity contribution in [1.82, 2.24) is 0 Å². The Labute approximate surface area is 107 Å². The van der Waals surface area contributed by atoms with Crippen LogP contribution in [0.2, 0.25) is 5.02 Å². The molecule has 1 atom stereocenters. The summed E-state index contributed by atoms with van der Waals surface area (Å²) in [5.41, 5.74) is 5.49. The third kappa shape index (κ3) is 2.34. The van der Waals surface area contributed by atoms with Crippen LogP contribution < -0.4 is 5.73 Å². The monoisotopic (exact) mass is 273 g/mol. The molecule has 2 N–H and O–H groups in total. The summed E-state index contributed by atoms with van der Waals surface area (Å²) in [6, 6.07) is 4.97. The van der Waals surface area contributed by atoms with Crippen LogP contribution in [0.1, 0.15) is 17.4 Å². The number of hydrogen-bond acceptors (Lipinski definition) is 2. The largest absolute Gasteiger partial charge is 0.317 e. The van der Waals surface area contributed by atoms with Gasteiger partial charge in [0.25, 0.3) is 0 Å². The van der Waals surface area contributed by atoms with Crippen molar-refractivity contribution in [2.75, 3.05) is 0 Å². The van der Waals surface area contributed by atoms with Crippen molar-refractivity contribution in [2.45, 2.75) is 12.5 Å². The first-order valence-electron chi connectivity index (χ1n) is 4.90. The zero-order valence-corrected chi connectivity index (χ0v) is 10.6. The highest BCUT2D eigenvalue weighted by Crippen LogP contribution is 2.36. The first-order valence-corrected chi connectivity index (χ1v) is 6.16. The molecule has 0 aliphatic rings. The van der Waals surface area contributed by atoms with Crippen LogP contribution in [0.4, 0.5) is 8.78 Å². The number of nitrogens with two attached hydrogens (primary N) is 1. The molecular formula is C12H10ClF2NS. The summed E-state index contributed by atoms with van der Waals surface area (Å²) in [7, 11) is 0. The minimum Gasteiger partial charge on any atom is -0.317 e. The van der Waals surface area contributed by atoms with Gasteiger partial charge in [-0.05, 0) is 36.1 Å². The fourth-order valence-corrected chi connectivity index (χ4v) is 3.00. The van der Waals surface area contributed by atoms with Crippen LogP contribution in [0.25, 0.3) is 0 Å². The molecule has 0 radical (unpaired) electrons. The van der Waals surface area contributed by atoms with E-state index in [0.29, 0.717) is 15.5 Å². The van der Waals surface area contributed by atoms with Crippen LogP contribution in [0, 0.1) is 11.6 Å². The smallest absolute Gasteiger partial charge is 0.126 e. The molecule has 1 unspecified atom stereocenters. The van der Waals surface area contributed by atoms with Gasteiger partial charge >= 0.3 is 0 Å². The van der Waals surface area contributed by atoms with E-state index in [-0.39, 0.29) is 0 Å². The molecule has 0 saturated heterocycles. The van der Waals surface area contributed by atoms with Crippen LogP contribution in [0.3, 0.4) is 0 Å². The Morgan fingerprint density at radius 2 is 1.82 bits per heavy atom. The number of hydrogen-bond donors (Lipinski definition) is 1. The summed E-state index contributed by atoms with van der Waals surface area (Å²) in [5, 5.41) is 2.29. The van der Waals surface area contributed by atoms with Crippen LogP contribution in [-0.4, -0.2) is 0 Å². The molecule has 1 heterocycles. The molecule has 0 bridgehead atoms. The molecule has 0 aliphatic heterocycles. The predicted octanol–water partition coefficient (Wildman–Crippen LogP) is 3.90. The third-order valence-corrected chi connectivity index (χ3v) is 4.13. The molecule has 17 heavy (non-hydrogen) atoms. The Morgan fingerprint density at radius 1 is 1.24 bits per heavy atom. The molecule has 1 aromatic carbocycles. The quantitative estimate of drug-likeness (QED) is 0.882. The van der Waals surface area contributed by atoms with E-state index in [2.05, 4.69) is 0 Å². The average Bonchev–Trinajstić information content (AvgIpc) is 2.63. The van der Waals surface area contributed by atoms with Gasteiger partial charge in [-0.3, -0.25) is 0 Å². The maximum Gasteiger partial charge on any atom is 0.126 e. The molecule has 0 fully saturated rings. The highest BCUT2D eigenvalue weighted by molar-refractivity contribution is 7.10. The highest BCUT2D eigenvalue weighted by Gasteiger charge is 2.28. The Kier molecular flexibility index (Phi) is 3.21. The van der Waals surface area contributed by atoms with Crippen molar-refractivity contribution in [2.24, 2.45) is 5.73 Å². The molecule has 5 heteroatoms. The van der Waals surface area contributed by atoms with Crippen LogP contribution >= 0.6 is 22.9 Å². The van der Waals surface area contributed by atoms with Crippen molar-refractivity contribution >= 4 is 22.9 Å². The molecule has 2 aromatic rings. The summed E-state index contributed by atoms with van der Waals surface area (Å²) in [6.45, 7) is 1.68. The second kappa shape index (κ2) is 4.37. The first kappa shape index (κ1) is 12.5. The molecule has 2 rings (SSSR count). The molecule has 1 aromatic heterocycles. The lowest BCUT2D eigenvalue weighted by atomic mass is 9.91. The van der Waals surface area contributed by atoms with Gasteiger partial charge in [-0.25, -0.2) is 8.78 Å². The summed E-state index contributed by atoms with van der Waals surface area (Å²) >= 11 is 7.36.